The Kier molecular flexibility index (Phi) is 7.28. The molecule has 1 saturated carbocycles. The van der Waals surface area contributed by atoms with Gasteiger partial charge in [0.25, 0.3) is 5.91 Å². The molecule has 0 bridgehead atoms. The third-order valence-electron chi connectivity index (χ3n) is 7.54. The van der Waals surface area contributed by atoms with E-state index in [9.17, 15) is 14.0 Å². The fourth-order valence-electron chi connectivity index (χ4n) is 5.48. The van der Waals surface area contributed by atoms with Gasteiger partial charge in [-0.3, -0.25) is 9.59 Å². The van der Waals surface area contributed by atoms with Crippen molar-refractivity contribution in [3.8, 4) is 11.5 Å². The van der Waals surface area contributed by atoms with Crippen molar-refractivity contribution >= 4 is 29.7 Å². The molecule has 39 heavy (non-hydrogen) atoms. The summed E-state index contributed by atoms with van der Waals surface area (Å²) in [7, 11) is 0. The van der Waals surface area contributed by atoms with E-state index in [2.05, 4.69) is 5.32 Å². The Hall–Kier alpha value is -3.78. The first-order chi connectivity index (χ1) is 19.0. The maximum Gasteiger partial charge on any atom is 0.260 e. The van der Waals surface area contributed by atoms with Gasteiger partial charge in [0, 0.05) is 30.3 Å². The lowest BCUT2D eigenvalue weighted by atomic mass is 9.83. The predicted molar refractivity (Wildman–Crippen MR) is 148 cm³/mol. The van der Waals surface area contributed by atoms with E-state index in [1.807, 2.05) is 59.5 Å². The summed E-state index contributed by atoms with van der Waals surface area (Å²) in [5, 5.41) is 3.27. The highest BCUT2D eigenvalue weighted by atomic mass is 32.2. The van der Waals surface area contributed by atoms with E-state index in [1.54, 1.807) is 23.9 Å². The zero-order valence-electron chi connectivity index (χ0n) is 21.3. The van der Waals surface area contributed by atoms with Gasteiger partial charge in [-0.2, -0.15) is 0 Å². The van der Waals surface area contributed by atoms with Crippen LogP contribution in [0.25, 0.3) is 6.08 Å². The summed E-state index contributed by atoms with van der Waals surface area (Å²) in [6.07, 6.45) is 4.14. The first kappa shape index (κ1) is 25.5. The van der Waals surface area contributed by atoms with E-state index >= 15 is 0 Å². The van der Waals surface area contributed by atoms with Gasteiger partial charge in [-0.1, -0.05) is 48.5 Å². The maximum absolute atomic E-state index is 13.8. The normalized spacial score (nSPS) is 23.0. The minimum atomic E-state index is -0.307. The van der Waals surface area contributed by atoms with Crippen molar-refractivity contribution < 1.29 is 23.5 Å². The molecule has 0 aromatic heterocycles. The largest absolute Gasteiger partial charge is 0.454 e. The number of halogens is 1. The van der Waals surface area contributed by atoms with Crippen molar-refractivity contribution in [1.82, 2.24) is 10.2 Å². The molecule has 1 aliphatic carbocycles. The molecule has 3 aliphatic rings. The smallest absolute Gasteiger partial charge is 0.260 e. The Morgan fingerprint density at radius 1 is 1.00 bits per heavy atom. The monoisotopic (exact) mass is 544 g/mol. The second kappa shape index (κ2) is 11.1. The first-order valence-corrected chi connectivity index (χ1v) is 14.1. The molecular formula is C31H29FN2O4S. The minimum Gasteiger partial charge on any atom is -0.454 e. The Bertz CT molecular complexity index is 1400. The number of rotatable bonds is 6. The van der Waals surface area contributed by atoms with Gasteiger partial charge >= 0.3 is 0 Å². The molecule has 3 unspecified atom stereocenters. The number of hydrogen-bond donors (Lipinski definition) is 1. The van der Waals surface area contributed by atoms with Crippen LogP contribution in [0.1, 0.15) is 36.0 Å². The van der Waals surface area contributed by atoms with Crippen molar-refractivity contribution in [2.24, 2.45) is 5.92 Å². The summed E-state index contributed by atoms with van der Waals surface area (Å²) in [6.45, 7) is 0.985. The lowest BCUT2D eigenvalue weighted by Crippen LogP contribution is -2.53. The molecule has 1 saturated heterocycles. The van der Waals surface area contributed by atoms with E-state index in [0.717, 1.165) is 29.5 Å². The predicted octanol–water partition coefficient (Wildman–Crippen LogP) is 5.52. The topological polar surface area (TPSA) is 67.9 Å². The Labute approximate surface area is 231 Å². The van der Waals surface area contributed by atoms with Gasteiger partial charge in [-0.25, -0.2) is 4.39 Å². The Morgan fingerprint density at radius 3 is 2.59 bits per heavy atom. The number of carbonyl (C=O) groups excluding carboxylic acids is 2. The van der Waals surface area contributed by atoms with Gasteiger partial charge in [0.15, 0.2) is 11.5 Å². The maximum atomic E-state index is 13.8. The highest BCUT2D eigenvalue weighted by molar-refractivity contribution is 8.04. The van der Waals surface area contributed by atoms with Crippen molar-refractivity contribution in [3.05, 3.63) is 100 Å². The van der Waals surface area contributed by atoms with Crippen LogP contribution >= 0.6 is 11.8 Å². The number of ether oxygens (including phenoxy) is 2. The SMILES string of the molecule is O=C(NCc1ccc2c(c1)OCO2)C1CCC2S/C(=C\c3ccccc3)C(=O)N(Cc3ccc(F)cc3)C2C1. The van der Waals surface area contributed by atoms with Crippen LogP contribution in [0.15, 0.2) is 77.7 Å². The fourth-order valence-corrected chi connectivity index (χ4v) is 6.90. The van der Waals surface area contributed by atoms with E-state index in [1.165, 1.54) is 12.1 Å². The number of nitrogens with zero attached hydrogens (tertiary/aromatic N) is 1. The molecule has 8 heteroatoms. The van der Waals surface area contributed by atoms with Crippen molar-refractivity contribution in [1.29, 1.82) is 0 Å². The zero-order chi connectivity index (χ0) is 26.8. The molecule has 3 aromatic carbocycles. The van der Waals surface area contributed by atoms with Crippen LogP contribution in [0.4, 0.5) is 4.39 Å². The molecule has 3 aromatic rings. The number of carbonyl (C=O) groups is 2. The van der Waals surface area contributed by atoms with Crippen LogP contribution in [0.3, 0.4) is 0 Å². The molecule has 1 N–H and O–H groups in total. The number of benzene rings is 3. The standard InChI is InChI=1S/C31H29FN2O4S/c32-24-10-6-21(7-11-24)18-34-25-16-23(30(35)33-17-22-8-12-26-27(14-22)38-19-37-26)9-13-28(25)39-29(31(34)36)15-20-4-2-1-3-5-20/h1-8,10-12,14-15,23,25,28H,9,13,16-19H2,(H,33,35)/b29-15-. The summed E-state index contributed by atoms with van der Waals surface area (Å²) >= 11 is 1.62. The first-order valence-electron chi connectivity index (χ1n) is 13.2. The second-order valence-corrected chi connectivity index (χ2v) is 11.4. The summed E-state index contributed by atoms with van der Waals surface area (Å²) in [6, 6.07) is 21.7. The Morgan fingerprint density at radius 2 is 1.77 bits per heavy atom. The second-order valence-electron chi connectivity index (χ2n) is 10.1. The van der Waals surface area contributed by atoms with E-state index < -0.39 is 0 Å². The quantitative estimate of drug-likeness (QED) is 0.414. The highest BCUT2D eigenvalue weighted by Crippen LogP contribution is 2.44. The number of nitrogens with one attached hydrogen (secondary N) is 1. The van der Waals surface area contributed by atoms with Crippen LogP contribution in [-0.4, -0.2) is 34.8 Å². The van der Waals surface area contributed by atoms with Gasteiger partial charge in [0.2, 0.25) is 12.7 Å². The van der Waals surface area contributed by atoms with Crippen LogP contribution < -0.4 is 14.8 Å². The van der Waals surface area contributed by atoms with E-state index in [4.69, 9.17) is 9.47 Å². The lowest BCUT2D eigenvalue weighted by Gasteiger charge is -2.46. The molecule has 200 valence electrons. The molecule has 2 heterocycles. The number of amides is 2. The van der Waals surface area contributed by atoms with Crippen molar-refractivity contribution in [2.75, 3.05) is 6.79 Å². The number of thioether (sulfide) groups is 1. The van der Waals surface area contributed by atoms with Crippen LogP contribution in [-0.2, 0) is 22.7 Å². The van der Waals surface area contributed by atoms with E-state index in [-0.39, 0.29) is 41.6 Å². The van der Waals surface area contributed by atoms with Gasteiger partial charge in [0.1, 0.15) is 5.82 Å². The molecule has 6 nitrogen and oxygen atoms in total. The van der Waals surface area contributed by atoms with Crippen LogP contribution in [0.5, 0.6) is 11.5 Å². The Balaban J connectivity index is 1.18. The molecule has 2 amide bonds. The van der Waals surface area contributed by atoms with Crippen LogP contribution in [0.2, 0.25) is 0 Å². The minimum absolute atomic E-state index is 0.00378. The van der Waals surface area contributed by atoms with Crippen LogP contribution in [0, 0.1) is 11.7 Å². The highest BCUT2D eigenvalue weighted by Gasteiger charge is 2.44. The molecular weight excluding hydrogens is 515 g/mol. The van der Waals surface area contributed by atoms with Gasteiger partial charge in [0.05, 0.1) is 4.91 Å². The summed E-state index contributed by atoms with van der Waals surface area (Å²) < 4.78 is 24.4. The summed E-state index contributed by atoms with van der Waals surface area (Å²) in [4.78, 5) is 29.6. The fraction of sp³-hybridized carbons (Fsp3) is 0.290. The third kappa shape index (κ3) is 5.66. The zero-order valence-corrected chi connectivity index (χ0v) is 22.2. The molecule has 2 aliphatic heterocycles. The van der Waals surface area contributed by atoms with Gasteiger partial charge in [-0.15, -0.1) is 11.8 Å². The average Bonchev–Trinajstić information content (AvgIpc) is 3.43. The van der Waals surface area contributed by atoms with E-state index in [0.29, 0.717) is 35.9 Å². The average molecular weight is 545 g/mol. The van der Waals surface area contributed by atoms with Gasteiger partial charge in [-0.05, 0) is 66.3 Å². The molecule has 3 atom stereocenters. The molecule has 2 fully saturated rings. The number of hydrogen-bond acceptors (Lipinski definition) is 5. The number of fused-ring (bicyclic) bond motifs is 2. The molecule has 6 rings (SSSR count). The summed E-state index contributed by atoms with van der Waals surface area (Å²) in [5.74, 6) is 0.857. The van der Waals surface area contributed by atoms with Crippen molar-refractivity contribution in [2.45, 2.75) is 43.6 Å². The summed E-state index contributed by atoms with van der Waals surface area (Å²) in [5.41, 5.74) is 2.78. The van der Waals surface area contributed by atoms with Crippen molar-refractivity contribution in [3.63, 3.8) is 0 Å². The third-order valence-corrected chi connectivity index (χ3v) is 8.94. The lowest BCUT2D eigenvalue weighted by molar-refractivity contribution is -0.133. The molecule has 0 radical (unpaired) electrons. The van der Waals surface area contributed by atoms with Gasteiger partial charge < -0.3 is 19.7 Å². The molecule has 0 spiro atoms.